The summed E-state index contributed by atoms with van der Waals surface area (Å²) in [7, 11) is 0. The Kier molecular flexibility index (Phi) is 5.71. The van der Waals surface area contributed by atoms with Crippen molar-refractivity contribution in [3.63, 3.8) is 0 Å². The van der Waals surface area contributed by atoms with Crippen LogP contribution in [0.5, 0.6) is 5.75 Å². The summed E-state index contributed by atoms with van der Waals surface area (Å²) in [5, 5.41) is 7.13. The second kappa shape index (κ2) is 8.17. The van der Waals surface area contributed by atoms with Gasteiger partial charge in [0.1, 0.15) is 11.3 Å². The molecule has 0 atom stereocenters. The average Bonchev–Trinajstić information content (AvgIpc) is 3.29. The number of hydrogen-bond donors (Lipinski definition) is 1. The second-order valence-electron chi connectivity index (χ2n) is 6.67. The van der Waals surface area contributed by atoms with Crippen LogP contribution in [0.4, 0.5) is 0 Å². The lowest BCUT2D eigenvalue weighted by Crippen LogP contribution is -2.44. The van der Waals surface area contributed by atoms with Gasteiger partial charge in [0.15, 0.2) is 5.82 Å². The number of amides is 1. The van der Waals surface area contributed by atoms with Gasteiger partial charge in [0.05, 0.1) is 6.61 Å². The number of nitrogens with one attached hydrogen (secondary N) is 1. The van der Waals surface area contributed by atoms with Gasteiger partial charge in [0, 0.05) is 13.0 Å². The first-order valence-corrected chi connectivity index (χ1v) is 9.15. The van der Waals surface area contributed by atoms with Gasteiger partial charge in [-0.15, -0.1) is 0 Å². The fourth-order valence-corrected chi connectivity index (χ4v) is 3.22. The van der Waals surface area contributed by atoms with Gasteiger partial charge >= 0.3 is 0 Å². The maximum atomic E-state index is 12.5. The van der Waals surface area contributed by atoms with Crippen LogP contribution >= 0.6 is 0 Å². The summed E-state index contributed by atoms with van der Waals surface area (Å²) in [5.74, 6) is 1.78. The van der Waals surface area contributed by atoms with Crippen molar-refractivity contribution in [1.29, 1.82) is 0 Å². The normalized spacial score (nSPS) is 16.1. The average molecular weight is 355 g/mol. The number of carbonyl (C=O) groups excluding carboxylic acids is 1. The third-order valence-corrected chi connectivity index (χ3v) is 4.56. The van der Waals surface area contributed by atoms with Crippen molar-refractivity contribution in [2.45, 2.75) is 51.5 Å². The number of nitrogens with zero attached hydrogens (tertiary/aromatic N) is 2. The van der Waals surface area contributed by atoms with Crippen molar-refractivity contribution in [2.24, 2.45) is 0 Å². The van der Waals surface area contributed by atoms with Gasteiger partial charge in [-0.05, 0) is 43.0 Å². The number of benzene rings is 1. The highest BCUT2D eigenvalue weighted by Gasteiger charge is 2.40. The Morgan fingerprint density at radius 1 is 1.31 bits per heavy atom. The number of rotatable bonds is 7. The minimum absolute atomic E-state index is 0.152. The van der Waals surface area contributed by atoms with Gasteiger partial charge in [-0.25, -0.2) is 0 Å². The van der Waals surface area contributed by atoms with E-state index >= 15 is 0 Å². The molecule has 1 aliphatic carbocycles. The highest BCUT2D eigenvalue weighted by molar-refractivity contribution is 5.92. The number of aromatic nitrogens is 2. The standard InChI is InChI=1S/C20H25N3O3/c1-3-14-25-17-9-6-16(7-10-17)8-11-18(24)22-20(12-4-5-13-20)19-21-15(2)26-23-19/h6-11H,3-5,12-14H2,1-2H3,(H,22,24)/b11-8+. The molecule has 1 aliphatic rings. The third-order valence-electron chi connectivity index (χ3n) is 4.56. The first-order chi connectivity index (χ1) is 12.6. The van der Waals surface area contributed by atoms with Crippen LogP contribution in [0.1, 0.15) is 56.3 Å². The van der Waals surface area contributed by atoms with E-state index in [-0.39, 0.29) is 5.91 Å². The van der Waals surface area contributed by atoms with Gasteiger partial charge in [-0.2, -0.15) is 4.98 Å². The van der Waals surface area contributed by atoms with Crippen molar-refractivity contribution in [2.75, 3.05) is 6.61 Å². The molecule has 0 unspecified atom stereocenters. The van der Waals surface area contributed by atoms with Crippen LogP contribution < -0.4 is 10.1 Å². The van der Waals surface area contributed by atoms with Crippen molar-refractivity contribution in [1.82, 2.24) is 15.5 Å². The van der Waals surface area contributed by atoms with Gasteiger partial charge in [-0.1, -0.05) is 37.1 Å². The van der Waals surface area contributed by atoms with Crippen LogP contribution in [0.2, 0.25) is 0 Å². The van der Waals surface area contributed by atoms with Crippen LogP contribution in [0, 0.1) is 6.92 Å². The number of hydrogen-bond acceptors (Lipinski definition) is 5. The first kappa shape index (κ1) is 18.2. The molecule has 0 saturated heterocycles. The van der Waals surface area contributed by atoms with E-state index in [0.717, 1.165) is 43.4 Å². The summed E-state index contributed by atoms with van der Waals surface area (Å²) < 4.78 is 10.7. The molecule has 0 spiro atoms. The minimum Gasteiger partial charge on any atom is -0.494 e. The predicted molar refractivity (Wildman–Crippen MR) is 98.6 cm³/mol. The molecule has 1 N–H and O–H groups in total. The fraction of sp³-hybridized carbons (Fsp3) is 0.450. The van der Waals surface area contributed by atoms with E-state index in [1.165, 1.54) is 0 Å². The Balaban J connectivity index is 1.64. The van der Waals surface area contributed by atoms with E-state index in [1.807, 2.05) is 24.3 Å². The molecule has 1 aromatic heterocycles. The molecule has 1 aromatic carbocycles. The molecule has 0 bridgehead atoms. The maximum Gasteiger partial charge on any atom is 0.244 e. The Morgan fingerprint density at radius 2 is 2.04 bits per heavy atom. The highest BCUT2D eigenvalue weighted by atomic mass is 16.5. The van der Waals surface area contributed by atoms with E-state index in [9.17, 15) is 4.79 Å². The summed E-state index contributed by atoms with van der Waals surface area (Å²) >= 11 is 0. The highest BCUT2D eigenvalue weighted by Crippen LogP contribution is 2.37. The molecule has 2 aromatic rings. The Morgan fingerprint density at radius 3 is 2.65 bits per heavy atom. The molecule has 1 heterocycles. The SMILES string of the molecule is CCCOc1ccc(/C=C/C(=O)NC2(c3noc(C)n3)CCCC2)cc1. The summed E-state index contributed by atoms with van der Waals surface area (Å²) in [4.78, 5) is 16.8. The monoisotopic (exact) mass is 355 g/mol. The summed E-state index contributed by atoms with van der Waals surface area (Å²) in [6.07, 6.45) is 8.05. The molecular formula is C20H25N3O3. The van der Waals surface area contributed by atoms with Crippen LogP contribution in [-0.4, -0.2) is 22.7 Å². The third kappa shape index (κ3) is 4.31. The van der Waals surface area contributed by atoms with Crippen LogP contribution in [0.25, 0.3) is 6.08 Å². The van der Waals surface area contributed by atoms with Crippen molar-refractivity contribution >= 4 is 12.0 Å². The van der Waals surface area contributed by atoms with E-state index in [4.69, 9.17) is 9.26 Å². The zero-order valence-electron chi connectivity index (χ0n) is 15.3. The lowest BCUT2D eigenvalue weighted by Gasteiger charge is -2.25. The summed E-state index contributed by atoms with van der Waals surface area (Å²) in [6, 6.07) is 7.69. The number of carbonyl (C=O) groups is 1. The van der Waals surface area contributed by atoms with Gasteiger partial charge in [-0.3, -0.25) is 4.79 Å². The number of aryl methyl sites for hydroxylation is 1. The van der Waals surface area contributed by atoms with Crippen LogP contribution in [0.3, 0.4) is 0 Å². The zero-order valence-corrected chi connectivity index (χ0v) is 15.3. The van der Waals surface area contributed by atoms with E-state index < -0.39 is 5.54 Å². The van der Waals surface area contributed by atoms with Crippen LogP contribution in [-0.2, 0) is 10.3 Å². The van der Waals surface area contributed by atoms with E-state index in [1.54, 1.807) is 19.1 Å². The molecular weight excluding hydrogens is 330 g/mol. The molecule has 1 amide bonds. The lowest BCUT2D eigenvalue weighted by atomic mass is 9.96. The Labute approximate surface area is 153 Å². The second-order valence-corrected chi connectivity index (χ2v) is 6.67. The predicted octanol–water partition coefficient (Wildman–Crippen LogP) is 3.77. The molecule has 1 fully saturated rings. The minimum atomic E-state index is -0.517. The first-order valence-electron chi connectivity index (χ1n) is 9.15. The van der Waals surface area contributed by atoms with Crippen LogP contribution in [0.15, 0.2) is 34.9 Å². The zero-order chi connectivity index (χ0) is 18.4. The molecule has 3 rings (SSSR count). The molecule has 26 heavy (non-hydrogen) atoms. The molecule has 6 heteroatoms. The van der Waals surface area contributed by atoms with Crippen molar-refractivity contribution in [3.05, 3.63) is 47.6 Å². The number of ether oxygens (including phenoxy) is 1. The fourth-order valence-electron chi connectivity index (χ4n) is 3.22. The molecule has 138 valence electrons. The van der Waals surface area contributed by atoms with Gasteiger partial charge in [0.25, 0.3) is 0 Å². The van der Waals surface area contributed by atoms with Crippen molar-refractivity contribution in [3.8, 4) is 5.75 Å². The van der Waals surface area contributed by atoms with E-state index in [0.29, 0.717) is 18.3 Å². The molecule has 0 aliphatic heterocycles. The molecule has 0 radical (unpaired) electrons. The lowest BCUT2D eigenvalue weighted by molar-refractivity contribution is -0.118. The maximum absolute atomic E-state index is 12.5. The smallest absolute Gasteiger partial charge is 0.244 e. The van der Waals surface area contributed by atoms with E-state index in [2.05, 4.69) is 22.4 Å². The summed E-state index contributed by atoms with van der Waals surface area (Å²) in [5.41, 5.74) is 0.427. The molecule has 6 nitrogen and oxygen atoms in total. The van der Waals surface area contributed by atoms with Gasteiger partial charge < -0.3 is 14.6 Å². The molecule has 1 saturated carbocycles. The topological polar surface area (TPSA) is 77.2 Å². The summed E-state index contributed by atoms with van der Waals surface area (Å²) in [6.45, 7) is 4.53. The largest absolute Gasteiger partial charge is 0.494 e. The quantitative estimate of drug-likeness (QED) is 0.765. The van der Waals surface area contributed by atoms with Crippen molar-refractivity contribution < 1.29 is 14.1 Å². The Hall–Kier alpha value is -2.63. The Bertz CT molecular complexity index is 759. The van der Waals surface area contributed by atoms with Gasteiger partial charge in [0.2, 0.25) is 11.8 Å².